The smallest absolute Gasteiger partial charge is 0.278 e. The molecule has 2 aliphatic heterocycles. The molecule has 6 heteroatoms. The topological polar surface area (TPSA) is 61.9 Å². The molecule has 1 N–H and O–H groups in total. The molecule has 2 aromatic carbocycles. The number of nitrogens with one attached hydrogen (secondary N) is 1. The van der Waals surface area contributed by atoms with E-state index in [9.17, 15) is 9.59 Å². The highest BCUT2D eigenvalue weighted by atomic mass is 16.5. The van der Waals surface area contributed by atoms with Gasteiger partial charge in [-0.1, -0.05) is 35.9 Å². The van der Waals surface area contributed by atoms with E-state index in [0.29, 0.717) is 17.8 Å². The minimum atomic E-state index is -0.258. The third-order valence-electron chi connectivity index (χ3n) is 5.96. The normalized spacial score (nSPS) is 17.4. The summed E-state index contributed by atoms with van der Waals surface area (Å²) >= 11 is 0. The Morgan fingerprint density at radius 1 is 0.844 bits per heavy atom. The van der Waals surface area contributed by atoms with E-state index >= 15 is 0 Å². The number of benzene rings is 2. The van der Waals surface area contributed by atoms with Gasteiger partial charge in [-0.25, -0.2) is 0 Å². The van der Waals surface area contributed by atoms with Crippen LogP contribution in [0.5, 0.6) is 0 Å². The molecule has 1 fully saturated rings. The summed E-state index contributed by atoms with van der Waals surface area (Å²) in [5.41, 5.74) is 5.69. The van der Waals surface area contributed by atoms with Crippen LogP contribution in [0.25, 0.3) is 5.57 Å². The zero-order chi connectivity index (χ0) is 22.7. The van der Waals surface area contributed by atoms with Crippen molar-refractivity contribution in [1.82, 2.24) is 9.80 Å². The Hall–Kier alpha value is -2.96. The molecule has 2 heterocycles. The van der Waals surface area contributed by atoms with Crippen molar-refractivity contribution in [2.45, 2.75) is 27.2 Å². The third-order valence-corrected chi connectivity index (χ3v) is 5.96. The van der Waals surface area contributed by atoms with Gasteiger partial charge in [-0.15, -0.1) is 0 Å². The van der Waals surface area contributed by atoms with Gasteiger partial charge in [-0.2, -0.15) is 0 Å². The summed E-state index contributed by atoms with van der Waals surface area (Å²) in [6, 6.07) is 13.8. The van der Waals surface area contributed by atoms with E-state index in [1.807, 2.05) is 57.2 Å². The van der Waals surface area contributed by atoms with Gasteiger partial charge in [-0.3, -0.25) is 19.4 Å². The van der Waals surface area contributed by atoms with Gasteiger partial charge in [0.15, 0.2) is 0 Å². The summed E-state index contributed by atoms with van der Waals surface area (Å²) in [6.07, 6.45) is 0.746. The number of rotatable bonds is 7. The third kappa shape index (κ3) is 4.92. The van der Waals surface area contributed by atoms with E-state index < -0.39 is 0 Å². The Bertz CT molecular complexity index is 1020. The fraction of sp³-hybridized carbons (Fsp3) is 0.385. The Balaban J connectivity index is 1.58. The summed E-state index contributed by atoms with van der Waals surface area (Å²) in [5, 5.41) is 3.28. The second-order valence-electron chi connectivity index (χ2n) is 8.69. The predicted octanol–water partition coefficient (Wildman–Crippen LogP) is 3.53. The van der Waals surface area contributed by atoms with Gasteiger partial charge in [0.25, 0.3) is 11.8 Å². The summed E-state index contributed by atoms with van der Waals surface area (Å²) in [5.74, 6) is -0.487. The second kappa shape index (κ2) is 9.67. The average Bonchev–Trinajstić information content (AvgIpc) is 2.99. The predicted molar refractivity (Wildman–Crippen MR) is 126 cm³/mol. The quantitative estimate of drug-likeness (QED) is 0.677. The van der Waals surface area contributed by atoms with Crippen molar-refractivity contribution in [3.63, 3.8) is 0 Å². The van der Waals surface area contributed by atoms with Crippen LogP contribution in [0.1, 0.15) is 28.7 Å². The van der Waals surface area contributed by atoms with Gasteiger partial charge in [-0.05, 0) is 56.0 Å². The standard InChI is InChI=1S/C26H31N3O3/c1-18-5-7-21(8-6-18)23-24(27-22-16-19(2)15-20(3)17-22)26(31)29(25(23)30)10-4-9-28-11-13-32-14-12-28/h5-8,15-17,27H,4,9-14H2,1-3H3. The number of imide groups is 1. The van der Waals surface area contributed by atoms with Crippen molar-refractivity contribution in [2.24, 2.45) is 0 Å². The van der Waals surface area contributed by atoms with Crippen LogP contribution in [0.2, 0.25) is 0 Å². The van der Waals surface area contributed by atoms with Crippen molar-refractivity contribution in [3.8, 4) is 0 Å². The molecule has 4 rings (SSSR count). The average molecular weight is 434 g/mol. The molecule has 0 unspecified atom stereocenters. The molecule has 0 radical (unpaired) electrons. The Morgan fingerprint density at radius 3 is 2.16 bits per heavy atom. The summed E-state index contributed by atoms with van der Waals surface area (Å²) in [6.45, 7) is 10.6. The fourth-order valence-electron chi connectivity index (χ4n) is 4.35. The van der Waals surface area contributed by atoms with E-state index in [1.54, 1.807) is 0 Å². The van der Waals surface area contributed by atoms with E-state index in [1.165, 1.54) is 4.90 Å². The largest absolute Gasteiger partial charge is 0.379 e. The number of hydrogen-bond donors (Lipinski definition) is 1. The molecule has 0 aliphatic carbocycles. The Kier molecular flexibility index (Phi) is 6.72. The number of carbonyl (C=O) groups excluding carboxylic acids is 2. The number of ether oxygens (including phenoxy) is 1. The van der Waals surface area contributed by atoms with E-state index in [0.717, 1.165) is 67.2 Å². The number of anilines is 1. The van der Waals surface area contributed by atoms with Crippen LogP contribution in [-0.2, 0) is 14.3 Å². The van der Waals surface area contributed by atoms with Crippen LogP contribution < -0.4 is 5.32 Å². The molecule has 0 atom stereocenters. The number of carbonyl (C=O) groups is 2. The maximum Gasteiger partial charge on any atom is 0.278 e. The van der Waals surface area contributed by atoms with Gasteiger partial charge in [0, 0.05) is 31.9 Å². The van der Waals surface area contributed by atoms with Crippen LogP contribution in [-0.4, -0.2) is 61.0 Å². The van der Waals surface area contributed by atoms with Crippen LogP contribution in [0, 0.1) is 20.8 Å². The number of nitrogens with zero attached hydrogens (tertiary/aromatic N) is 2. The Morgan fingerprint density at radius 2 is 1.50 bits per heavy atom. The molecule has 168 valence electrons. The van der Waals surface area contributed by atoms with E-state index in [2.05, 4.69) is 16.3 Å². The summed E-state index contributed by atoms with van der Waals surface area (Å²) < 4.78 is 5.40. The van der Waals surface area contributed by atoms with Crippen molar-refractivity contribution >= 4 is 23.1 Å². The van der Waals surface area contributed by atoms with Gasteiger partial charge in [0.1, 0.15) is 5.70 Å². The van der Waals surface area contributed by atoms with Crippen molar-refractivity contribution in [1.29, 1.82) is 0 Å². The number of amides is 2. The van der Waals surface area contributed by atoms with E-state index in [4.69, 9.17) is 4.74 Å². The highest BCUT2D eigenvalue weighted by Gasteiger charge is 2.39. The molecular weight excluding hydrogens is 402 g/mol. The van der Waals surface area contributed by atoms with Crippen LogP contribution in [0.3, 0.4) is 0 Å². The monoisotopic (exact) mass is 433 g/mol. The van der Waals surface area contributed by atoms with Crippen LogP contribution in [0.15, 0.2) is 48.2 Å². The molecule has 6 nitrogen and oxygen atoms in total. The van der Waals surface area contributed by atoms with Gasteiger partial charge < -0.3 is 10.1 Å². The van der Waals surface area contributed by atoms with Crippen LogP contribution >= 0.6 is 0 Å². The zero-order valence-corrected chi connectivity index (χ0v) is 19.1. The molecule has 2 aliphatic rings. The highest BCUT2D eigenvalue weighted by Crippen LogP contribution is 2.31. The van der Waals surface area contributed by atoms with Gasteiger partial charge in [0.05, 0.1) is 18.8 Å². The lowest BCUT2D eigenvalue weighted by atomic mass is 10.0. The minimum Gasteiger partial charge on any atom is -0.379 e. The van der Waals surface area contributed by atoms with Crippen molar-refractivity contribution in [2.75, 3.05) is 44.7 Å². The Labute approximate surface area is 189 Å². The molecule has 0 spiro atoms. The van der Waals surface area contributed by atoms with Crippen molar-refractivity contribution in [3.05, 3.63) is 70.4 Å². The maximum atomic E-state index is 13.4. The number of morpholine rings is 1. The molecule has 2 amide bonds. The lowest BCUT2D eigenvalue weighted by molar-refractivity contribution is -0.136. The molecule has 0 aromatic heterocycles. The number of aryl methyl sites for hydroxylation is 3. The molecule has 32 heavy (non-hydrogen) atoms. The summed E-state index contributed by atoms with van der Waals surface area (Å²) in [7, 11) is 0. The van der Waals surface area contributed by atoms with Gasteiger partial charge >= 0.3 is 0 Å². The SMILES string of the molecule is Cc1ccc(C2=C(Nc3cc(C)cc(C)c3)C(=O)N(CCCN3CCOCC3)C2=O)cc1. The molecule has 0 bridgehead atoms. The first kappa shape index (κ1) is 22.2. The van der Waals surface area contributed by atoms with Crippen LogP contribution in [0.4, 0.5) is 5.69 Å². The molecular formula is C26H31N3O3. The first-order chi connectivity index (χ1) is 15.4. The van der Waals surface area contributed by atoms with Gasteiger partial charge in [0.2, 0.25) is 0 Å². The molecule has 0 saturated carbocycles. The lowest BCUT2D eigenvalue weighted by Crippen LogP contribution is -2.39. The zero-order valence-electron chi connectivity index (χ0n) is 19.1. The lowest BCUT2D eigenvalue weighted by Gasteiger charge is -2.27. The van der Waals surface area contributed by atoms with E-state index in [-0.39, 0.29) is 11.8 Å². The maximum absolute atomic E-state index is 13.4. The number of hydrogen-bond acceptors (Lipinski definition) is 5. The van der Waals surface area contributed by atoms with Crippen molar-refractivity contribution < 1.29 is 14.3 Å². The molecule has 1 saturated heterocycles. The highest BCUT2D eigenvalue weighted by molar-refractivity contribution is 6.36. The fourth-order valence-corrected chi connectivity index (χ4v) is 4.35. The first-order valence-corrected chi connectivity index (χ1v) is 11.3. The summed E-state index contributed by atoms with van der Waals surface area (Å²) in [4.78, 5) is 30.5. The first-order valence-electron chi connectivity index (χ1n) is 11.3. The minimum absolute atomic E-state index is 0.229. The molecule has 2 aromatic rings. The second-order valence-corrected chi connectivity index (χ2v) is 8.69.